The summed E-state index contributed by atoms with van der Waals surface area (Å²) in [6.45, 7) is 9.76. The molecule has 0 aromatic carbocycles. The molecule has 0 aliphatic carbocycles. The molecule has 6 heteroatoms. The monoisotopic (exact) mass is 413 g/mol. The fourth-order valence-electron chi connectivity index (χ4n) is 2.33. The highest BCUT2D eigenvalue weighted by Gasteiger charge is 2.21. The molecule has 0 aromatic heterocycles. The Morgan fingerprint density at radius 1 is 1.24 bits per heavy atom. The zero-order valence-corrected chi connectivity index (χ0v) is 16.1. The van der Waals surface area contributed by atoms with Gasteiger partial charge in [-0.15, -0.1) is 24.0 Å². The van der Waals surface area contributed by atoms with Crippen LogP contribution in [0.25, 0.3) is 0 Å². The third-order valence-electron chi connectivity index (χ3n) is 3.41. The van der Waals surface area contributed by atoms with Crippen molar-refractivity contribution in [3.63, 3.8) is 0 Å². The maximum atomic E-state index is 5.89. The van der Waals surface area contributed by atoms with Crippen molar-refractivity contribution in [2.24, 2.45) is 4.99 Å². The molecule has 1 aliphatic heterocycles. The number of nitrogens with zero attached hydrogens (tertiary/aromatic N) is 2. The fraction of sp³-hybridized carbons (Fsp3) is 0.933. The van der Waals surface area contributed by atoms with E-state index in [9.17, 15) is 0 Å². The number of rotatable bonds is 8. The van der Waals surface area contributed by atoms with Crippen LogP contribution in [0.2, 0.25) is 0 Å². The third kappa shape index (κ3) is 8.83. The molecule has 0 saturated carbocycles. The van der Waals surface area contributed by atoms with Crippen molar-refractivity contribution in [3.8, 4) is 0 Å². The van der Waals surface area contributed by atoms with E-state index in [0.717, 1.165) is 71.0 Å². The van der Waals surface area contributed by atoms with Crippen molar-refractivity contribution in [1.29, 1.82) is 0 Å². The lowest BCUT2D eigenvalue weighted by molar-refractivity contribution is 0.00991. The number of halogens is 1. The van der Waals surface area contributed by atoms with Crippen molar-refractivity contribution in [2.75, 3.05) is 46.5 Å². The van der Waals surface area contributed by atoms with Crippen LogP contribution in [0.15, 0.2) is 4.99 Å². The van der Waals surface area contributed by atoms with Crippen molar-refractivity contribution in [3.05, 3.63) is 0 Å². The van der Waals surface area contributed by atoms with E-state index < -0.39 is 0 Å². The molecule has 0 atom stereocenters. The number of methoxy groups -OCH3 is 1. The van der Waals surface area contributed by atoms with Crippen LogP contribution in [0, 0.1) is 0 Å². The van der Waals surface area contributed by atoms with Gasteiger partial charge in [-0.25, -0.2) is 0 Å². The molecule has 1 heterocycles. The summed E-state index contributed by atoms with van der Waals surface area (Å²) in [5.74, 6) is 1.06. The summed E-state index contributed by atoms with van der Waals surface area (Å²) in [6.07, 6.45) is 4.65. The molecule has 0 aromatic rings. The highest BCUT2D eigenvalue weighted by atomic mass is 127. The average molecular weight is 413 g/mol. The van der Waals surface area contributed by atoms with E-state index in [-0.39, 0.29) is 24.0 Å². The second-order valence-electron chi connectivity index (χ2n) is 5.14. The van der Waals surface area contributed by atoms with Crippen LogP contribution in [-0.4, -0.2) is 63.5 Å². The van der Waals surface area contributed by atoms with Gasteiger partial charge in [-0.3, -0.25) is 4.99 Å². The summed E-state index contributed by atoms with van der Waals surface area (Å²) in [4.78, 5) is 7.00. The van der Waals surface area contributed by atoms with Gasteiger partial charge in [0.15, 0.2) is 5.96 Å². The first-order valence-corrected chi connectivity index (χ1v) is 7.95. The highest BCUT2D eigenvalue weighted by molar-refractivity contribution is 14.0. The van der Waals surface area contributed by atoms with Crippen LogP contribution in [0.5, 0.6) is 0 Å². The first-order valence-electron chi connectivity index (χ1n) is 7.95. The van der Waals surface area contributed by atoms with E-state index in [1.807, 2.05) is 0 Å². The van der Waals surface area contributed by atoms with Crippen LogP contribution in [0.3, 0.4) is 0 Å². The Morgan fingerprint density at radius 2 is 1.95 bits per heavy atom. The number of aliphatic imine (C=N–C) groups is 1. The van der Waals surface area contributed by atoms with Gasteiger partial charge in [0, 0.05) is 46.5 Å². The lowest BCUT2D eigenvalue weighted by Crippen LogP contribution is -2.47. The quantitative estimate of drug-likeness (QED) is 0.288. The molecular formula is C15H32IN3O2. The van der Waals surface area contributed by atoms with E-state index in [4.69, 9.17) is 9.47 Å². The predicted molar refractivity (Wildman–Crippen MR) is 98.7 cm³/mol. The second-order valence-corrected chi connectivity index (χ2v) is 5.14. The largest absolute Gasteiger partial charge is 0.385 e. The zero-order chi connectivity index (χ0) is 14.6. The summed E-state index contributed by atoms with van der Waals surface area (Å²) in [6, 6.07) is 0. The number of likely N-dealkylation sites (tertiary alicyclic amines) is 1. The van der Waals surface area contributed by atoms with Gasteiger partial charge < -0.3 is 19.7 Å². The molecule has 0 amide bonds. The normalized spacial score (nSPS) is 16.7. The lowest BCUT2D eigenvalue weighted by atomic mass is 10.1. The molecule has 0 radical (unpaired) electrons. The Kier molecular flexibility index (Phi) is 13.5. The zero-order valence-electron chi connectivity index (χ0n) is 13.8. The number of nitrogens with one attached hydrogen (secondary N) is 1. The molecule has 0 spiro atoms. The molecule has 1 saturated heterocycles. The van der Waals surface area contributed by atoms with E-state index in [1.54, 1.807) is 7.11 Å². The summed E-state index contributed by atoms with van der Waals surface area (Å²) in [5, 5.41) is 3.38. The minimum atomic E-state index is 0. The van der Waals surface area contributed by atoms with Gasteiger partial charge in [0.25, 0.3) is 0 Å². The SMILES string of the molecule is CCCN=C(NCC)N1CCC(OCCCOC)CC1.I. The predicted octanol–water partition coefficient (Wildman–Crippen LogP) is 2.50. The van der Waals surface area contributed by atoms with Gasteiger partial charge in [-0.2, -0.15) is 0 Å². The second kappa shape index (κ2) is 13.6. The molecule has 1 fully saturated rings. The summed E-state index contributed by atoms with van der Waals surface area (Å²) >= 11 is 0. The van der Waals surface area contributed by atoms with E-state index >= 15 is 0 Å². The van der Waals surface area contributed by atoms with Gasteiger partial charge in [-0.05, 0) is 32.6 Å². The topological polar surface area (TPSA) is 46.1 Å². The maximum absolute atomic E-state index is 5.89. The van der Waals surface area contributed by atoms with Crippen molar-refractivity contribution in [2.45, 2.75) is 45.6 Å². The standard InChI is InChI=1S/C15H31N3O2.HI/c1-4-9-17-15(16-5-2)18-10-7-14(8-11-18)20-13-6-12-19-3;/h14H,4-13H2,1-3H3,(H,16,17);1H. The molecule has 1 aliphatic rings. The molecule has 0 bridgehead atoms. The third-order valence-corrected chi connectivity index (χ3v) is 3.41. The lowest BCUT2D eigenvalue weighted by Gasteiger charge is -2.34. The number of ether oxygens (including phenoxy) is 2. The van der Waals surface area contributed by atoms with Gasteiger partial charge in [-0.1, -0.05) is 6.92 Å². The Balaban J connectivity index is 0.00000400. The van der Waals surface area contributed by atoms with Gasteiger partial charge in [0.05, 0.1) is 6.10 Å². The summed E-state index contributed by atoms with van der Waals surface area (Å²) in [7, 11) is 1.73. The summed E-state index contributed by atoms with van der Waals surface area (Å²) in [5.41, 5.74) is 0. The molecular weight excluding hydrogens is 381 g/mol. The van der Waals surface area contributed by atoms with Crippen LogP contribution in [-0.2, 0) is 9.47 Å². The minimum Gasteiger partial charge on any atom is -0.385 e. The Hall–Kier alpha value is -0.0800. The van der Waals surface area contributed by atoms with Gasteiger partial charge >= 0.3 is 0 Å². The number of hydrogen-bond acceptors (Lipinski definition) is 3. The van der Waals surface area contributed by atoms with Crippen LogP contribution in [0.1, 0.15) is 39.5 Å². The van der Waals surface area contributed by atoms with E-state index in [2.05, 4.69) is 29.1 Å². The maximum Gasteiger partial charge on any atom is 0.193 e. The Morgan fingerprint density at radius 3 is 2.52 bits per heavy atom. The van der Waals surface area contributed by atoms with E-state index in [0.29, 0.717) is 6.10 Å². The molecule has 5 nitrogen and oxygen atoms in total. The Bertz CT molecular complexity index is 270. The van der Waals surface area contributed by atoms with Gasteiger partial charge in [0.1, 0.15) is 0 Å². The van der Waals surface area contributed by atoms with Crippen molar-refractivity contribution in [1.82, 2.24) is 10.2 Å². The van der Waals surface area contributed by atoms with Crippen molar-refractivity contribution < 1.29 is 9.47 Å². The molecule has 1 N–H and O–H groups in total. The molecule has 21 heavy (non-hydrogen) atoms. The molecule has 1 rings (SSSR count). The minimum absolute atomic E-state index is 0. The molecule has 0 unspecified atom stereocenters. The van der Waals surface area contributed by atoms with Crippen LogP contribution < -0.4 is 5.32 Å². The van der Waals surface area contributed by atoms with Crippen LogP contribution in [0.4, 0.5) is 0 Å². The van der Waals surface area contributed by atoms with Crippen LogP contribution >= 0.6 is 24.0 Å². The number of hydrogen-bond donors (Lipinski definition) is 1. The average Bonchev–Trinajstić information content (AvgIpc) is 2.49. The first kappa shape index (κ1) is 20.9. The number of guanidine groups is 1. The fourth-order valence-corrected chi connectivity index (χ4v) is 2.33. The smallest absolute Gasteiger partial charge is 0.193 e. The van der Waals surface area contributed by atoms with Crippen molar-refractivity contribution >= 4 is 29.9 Å². The van der Waals surface area contributed by atoms with Gasteiger partial charge in [0.2, 0.25) is 0 Å². The highest BCUT2D eigenvalue weighted by Crippen LogP contribution is 2.14. The summed E-state index contributed by atoms with van der Waals surface area (Å²) < 4.78 is 10.9. The number of piperidine rings is 1. The van der Waals surface area contributed by atoms with E-state index in [1.165, 1.54) is 0 Å². The Labute approximate surface area is 146 Å². The first-order chi connectivity index (χ1) is 9.81. The molecule has 126 valence electrons.